The van der Waals surface area contributed by atoms with Crippen molar-refractivity contribution in [3.63, 3.8) is 0 Å². The van der Waals surface area contributed by atoms with Gasteiger partial charge in [-0.2, -0.15) is 0 Å². The van der Waals surface area contributed by atoms with Crippen molar-refractivity contribution in [2.24, 2.45) is 11.7 Å². The molecule has 0 spiro atoms. The SMILES string of the molecule is Cl.NC(=O)c1cccc2c1CCCN2CC1CCNCC1. The van der Waals surface area contributed by atoms with E-state index < -0.39 is 0 Å². The summed E-state index contributed by atoms with van der Waals surface area (Å²) in [7, 11) is 0. The molecule has 4 nitrogen and oxygen atoms in total. The zero-order valence-corrected chi connectivity index (χ0v) is 13.1. The van der Waals surface area contributed by atoms with Gasteiger partial charge in [-0.15, -0.1) is 12.4 Å². The van der Waals surface area contributed by atoms with Crippen LogP contribution in [-0.2, 0) is 6.42 Å². The molecule has 1 fully saturated rings. The molecular formula is C16H24ClN3O. The number of halogens is 1. The highest BCUT2D eigenvalue weighted by Crippen LogP contribution is 2.31. The number of primary amides is 1. The average molecular weight is 310 g/mol. The summed E-state index contributed by atoms with van der Waals surface area (Å²) in [6, 6.07) is 5.96. The number of rotatable bonds is 3. The topological polar surface area (TPSA) is 58.4 Å². The van der Waals surface area contributed by atoms with Crippen molar-refractivity contribution in [1.82, 2.24) is 5.32 Å². The van der Waals surface area contributed by atoms with Crippen LogP contribution in [0.5, 0.6) is 0 Å². The number of fused-ring (bicyclic) bond motifs is 1. The predicted molar refractivity (Wildman–Crippen MR) is 88.3 cm³/mol. The second kappa shape index (κ2) is 7.14. The molecule has 1 aromatic carbocycles. The van der Waals surface area contributed by atoms with Crippen LogP contribution in [-0.4, -0.2) is 32.1 Å². The van der Waals surface area contributed by atoms with Crippen molar-refractivity contribution in [3.8, 4) is 0 Å². The number of hydrogen-bond donors (Lipinski definition) is 2. The van der Waals surface area contributed by atoms with Crippen LogP contribution in [0, 0.1) is 5.92 Å². The third kappa shape index (κ3) is 3.50. The van der Waals surface area contributed by atoms with Gasteiger partial charge in [0.15, 0.2) is 0 Å². The van der Waals surface area contributed by atoms with E-state index in [0.717, 1.165) is 50.5 Å². The number of piperidine rings is 1. The van der Waals surface area contributed by atoms with E-state index in [0.29, 0.717) is 5.56 Å². The van der Waals surface area contributed by atoms with Gasteiger partial charge >= 0.3 is 0 Å². The van der Waals surface area contributed by atoms with Crippen LogP contribution in [0.2, 0.25) is 0 Å². The summed E-state index contributed by atoms with van der Waals surface area (Å²) in [4.78, 5) is 14.0. The minimum Gasteiger partial charge on any atom is -0.371 e. The number of hydrogen-bond acceptors (Lipinski definition) is 3. The molecule has 1 aromatic rings. The number of carbonyl (C=O) groups excluding carboxylic acids is 1. The van der Waals surface area contributed by atoms with E-state index in [1.807, 2.05) is 12.1 Å². The third-order valence-electron chi connectivity index (χ3n) is 4.55. The van der Waals surface area contributed by atoms with Gasteiger partial charge in [-0.05, 0) is 62.4 Å². The molecule has 0 atom stereocenters. The molecule has 0 aliphatic carbocycles. The summed E-state index contributed by atoms with van der Waals surface area (Å²) in [5.74, 6) is 0.463. The molecule has 3 N–H and O–H groups in total. The largest absolute Gasteiger partial charge is 0.371 e. The van der Waals surface area contributed by atoms with Gasteiger partial charge in [0.05, 0.1) is 0 Å². The molecule has 0 unspecified atom stereocenters. The number of anilines is 1. The van der Waals surface area contributed by atoms with Crippen molar-refractivity contribution in [3.05, 3.63) is 29.3 Å². The van der Waals surface area contributed by atoms with Gasteiger partial charge in [-0.3, -0.25) is 4.79 Å². The monoisotopic (exact) mass is 309 g/mol. The van der Waals surface area contributed by atoms with E-state index in [9.17, 15) is 4.79 Å². The lowest BCUT2D eigenvalue weighted by molar-refractivity contribution is 0.0999. The lowest BCUT2D eigenvalue weighted by Gasteiger charge is -2.36. The minimum atomic E-state index is -0.300. The molecule has 2 heterocycles. The average Bonchev–Trinajstić information content (AvgIpc) is 2.48. The Morgan fingerprint density at radius 3 is 2.81 bits per heavy atom. The number of benzene rings is 1. The summed E-state index contributed by atoms with van der Waals surface area (Å²) in [5, 5.41) is 3.42. The predicted octanol–water partition coefficient (Wildman–Crippen LogP) is 1.96. The fourth-order valence-corrected chi connectivity index (χ4v) is 3.50. The highest BCUT2D eigenvalue weighted by Gasteiger charge is 2.24. The van der Waals surface area contributed by atoms with Crippen LogP contribution in [0.15, 0.2) is 18.2 Å². The molecule has 1 amide bonds. The van der Waals surface area contributed by atoms with Crippen LogP contribution < -0.4 is 16.0 Å². The first kappa shape index (κ1) is 16.1. The maximum atomic E-state index is 11.6. The first-order valence-corrected chi connectivity index (χ1v) is 7.63. The zero-order valence-electron chi connectivity index (χ0n) is 12.3. The van der Waals surface area contributed by atoms with Crippen LogP contribution in [0.4, 0.5) is 5.69 Å². The number of nitrogens with zero attached hydrogens (tertiary/aromatic N) is 1. The highest BCUT2D eigenvalue weighted by atomic mass is 35.5. The molecular weight excluding hydrogens is 286 g/mol. The fraction of sp³-hybridized carbons (Fsp3) is 0.562. The van der Waals surface area contributed by atoms with Crippen LogP contribution >= 0.6 is 12.4 Å². The quantitative estimate of drug-likeness (QED) is 0.897. The number of nitrogens with two attached hydrogens (primary N) is 1. The Bertz CT molecular complexity index is 500. The maximum Gasteiger partial charge on any atom is 0.249 e. The number of nitrogens with one attached hydrogen (secondary N) is 1. The van der Waals surface area contributed by atoms with Gasteiger partial charge in [0.1, 0.15) is 0 Å². The van der Waals surface area contributed by atoms with Crippen molar-refractivity contribution in [2.45, 2.75) is 25.7 Å². The summed E-state index contributed by atoms with van der Waals surface area (Å²) in [5.41, 5.74) is 8.59. The number of amides is 1. The van der Waals surface area contributed by atoms with Crippen LogP contribution in [0.3, 0.4) is 0 Å². The molecule has 1 saturated heterocycles. The van der Waals surface area contributed by atoms with Gasteiger partial charge in [-0.25, -0.2) is 0 Å². The van der Waals surface area contributed by atoms with Crippen LogP contribution in [0.25, 0.3) is 0 Å². The summed E-state index contributed by atoms with van der Waals surface area (Å²) < 4.78 is 0. The Morgan fingerprint density at radius 1 is 1.33 bits per heavy atom. The minimum absolute atomic E-state index is 0. The molecule has 3 rings (SSSR count). The number of carbonyl (C=O) groups is 1. The van der Waals surface area contributed by atoms with Crippen molar-refractivity contribution in [1.29, 1.82) is 0 Å². The Morgan fingerprint density at radius 2 is 2.10 bits per heavy atom. The fourth-order valence-electron chi connectivity index (χ4n) is 3.50. The van der Waals surface area contributed by atoms with Gasteiger partial charge in [0.2, 0.25) is 5.91 Å². The standard InChI is InChI=1S/C16H23N3O.ClH/c17-16(20)14-3-1-5-15-13(14)4-2-10-19(15)11-12-6-8-18-9-7-12;/h1,3,5,12,18H,2,4,6-11H2,(H2,17,20);1H. The van der Waals surface area contributed by atoms with Gasteiger partial charge in [0, 0.05) is 24.3 Å². The summed E-state index contributed by atoms with van der Waals surface area (Å²) >= 11 is 0. The molecule has 21 heavy (non-hydrogen) atoms. The second-order valence-electron chi connectivity index (χ2n) is 5.91. The normalized spacial score (nSPS) is 18.8. The van der Waals surface area contributed by atoms with Gasteiger partial charge in [0.25, 0.3) is 0 Å². The third-order valence-corrected chi connectivity index (χ3v) is 4.55. The van der Waals surface area contributed by atoms with Crippen molar-refractivity contribution < 1.29 is 4.79 Å². The van der Waals surface area contributed by atoms with Crippen molar-refractivity contribution in [2.75, 3.05) is 31.1 Å². The molecule has 0 radical (unpaired) electrons. The molecule has 2 aliphatic heterocycles. The Kier molecular flexibility index (Phi) is 5.48. The molecule has 2 aliphatic rings. The van der Waals surface area contributed by atoms with Crippen LogP contribution in [0.1, 0.15) is 35.2 Å². The summed E-state index contributed by atoms with van der Waals surface area (Å²) in [6.07, 6.45) is 4.59. The smallest absolute Gasteiger partial charge is 0.249 e. The Balaban J connectivity index is 0.00000161. The van der Waals surface area contributed by atoms with E-state index in [1.165, 1.54) is 18.5 Å². The van der Waals surface area contributed by atoms with E-state index in [2.05, 4.69) is 16.3 Å². The first-order valence-electron chi connectivity index (χ1n) is 7.63. The van der Waals surface area contributed by atoms with E-state index in [1.54, 1.807) is 0 Å². The molecule has 0 saturated carbocycles. The Labute approximate surface area is 132 Å². The lowest BCUT2D eigenvalue weighted by atomic mass is 9.92. The van der Waals surface area contributed by atoms with E-state index >= 15 is 0 Å². The second-order valence-corrected chi connectivity index (χ2v) is 5.91. The Hall–Kier alpha value is -1.26. The first-order chi connectivity index (χ1) is 9.75. The zero-order chi connectivity index (χ0) is 13.9. The maximum absolute atomic E-state index is 11.6. The summed E-state index contributed by atoms with van der Waals surface area (Å²) in [6.45, 7) is 4.47. The van der Waals surface area contributed by atoms with E-state index in [4.69, 9.17) is 5.73 Å². The lowest BCUT2D eigenvalue weighted by Crippen LogP contribution is -2.39. The van der Waals surface area contributed by atoms with Gasteiger partial charge in [-0.1, -0.05) is 6.07 Å². The molecule has 0 aromatic heterocycles. The van der Waals surface area contributed by atoms with Crippen molar-refractivity contribution >= 4 is 24.0 Å². The molecule has 5 heteroatoms. The molecule has 0 bridgehead atoms. The van der Waals surface area contributed by atoms with E-state index in [-0.39, 0.29) is 18.3 Å². The highest BCUT2D eigenvalue weighted by molar-refractivity contribution is 5.96. The molecule has 116 valence electrons. The van der Waals surface area contributed by atoms with Gasteiger partial charge < -0.3 is 16.0 Å².